The van der Waals surface area contributed by atoms with Crippen molar-refractivity contribution in [1.82, 2.24) is 4.98 Å². The van der Waals surface area contributed by atoms with Crippen LogP contribution in [0.5, 0.6) is 11.6 Å². The zero-order valence-electron chi connectivity index (χ0n) is 16.7. The van der Waals surface area contributed by atoms with Gasteiger partial charge < -0.3 is 15.8 Å². The Bertz CT molecular complexity index is 1190. The number of carbonyl (C=O) groups excluding carboxylic acids is 2. The molecule has 31 heavy (non-hydrogen) atoms. The van der Waals surface area contributed by atoms with Gasteiger partial charge in [0, 0.05) is 18.1 Å². The normalized spacial score (nSPS) is 11.0. The molecule has 0 fully saturated rings. The van der Waals surface area contributed by atoms with E-state index in [1.165, 1.54) is 30.5 Å². The van der Waals surface area contributed by atoms with E-state index in [-0.39, 0.29) is 22.9 Å². The Morgan fingerprint density at radius 1 is 1.06 bits per heavy atom. The summed E-state index contributed by atoms with van der Waals surface area (Å²) in [5.74, 6) is -0.670. The number of benzene rings is 2. The van der Waals surface area contributed by atoms with E-state index in [0.29, 0.717) is 17.0 Å². The van der Waals surface area contributed by atoms with Crippen LogP contribution in [0.1, 0.15) is 22.3 Å². The molecule has 0 saturated carbocycles. The van der Waals surface area contributed by atoms with Crippen LogP contribution < -0.4 is 15.8 Å². The number of nitrogens with zero attached hydrogens (tertiary/aromatic N) is 1. The van der Waals surface area contributed by atoms with Gasteiger partial charge >= 0.3 is 0 Å². The highest BCUT2D eigenvalue weighted by Crippen LogP contribution is 2.21. The largest absolute Gasteiger partial charge is 0.439 e. The first-order chi connectivity index (χ1) is 14.7. The fourth-order valence-corrected chi connectivity index (χ4v) is 3.90. The summed E-state index contributed by atoms with van der Waals surface area (Å²) < 4.78 is 30.3. The van der Waals surface area contributed by atoms with Crippen LogP contribution in [-0.4, -0.2) is 31.0 Å². The molecule has 160 valence electrons. The van der Waals surface area contributed by atoms with E-state index in [1.54, 1.807) is 36.4 Å². The van der Waals surface area contributed by atoms with Gasteiger partial charge in [0.1, 0.15) is 5.75 Å². The molecule has 0 bridgehead atoms. The van der Waals surface area contributed by atoms with E-state index in [2.05, 4.69) is 10.3 Å². The Labute approximate surface area is 180 Å². The maximum Gasteiger partial charge on any atom is 0.248 e. The summed E-state index contributed by atoms with van der Waals surface area (Å²) in [5.41, 5.74) is 6.91. The molecular weight excluding hydrogens is 418 g/mol. The summed E-state index contributed by atoms with van der Waals surface area (Å²) in [4.78, 5) is 27.7. The molecule has 8 nitrogen and oxygen atoms in total. The lowest BCUT2D eigenvalue weighted by atomic mass is 10.2. The number of primary amides is 1. The first kappa shape index (κ1) is 22.0. The molecule has 3 rings (SSSR count). The Hall–Kier alpha value is -3.72. The fraction of sp³-hybridized carbons (Fsp3) is 0.136. The number of rotatable bonds is 8. The van der Waals surface area contributed by atoms with Crippen molar-refractivity contribution in [3.8, 4) is 11.6 Å². The Balaban J connectivity index is 1.55. The highest BCUT2D eigenvalue weighted by molar-refractivity contribution is 7.91. The lowest BCUT2D eigenvalue weighted by molar-refractivity contribution is -0.115. The zero-order valence-corrected chi connectivity index (χ0v) is 17.6. The van der Waals surface area contributed by atoms with Crippen molar-refractivity contribution in [2.75, 3.05) is 11.1 Å². The summed E-state index contributed by atoms with van der Waals surface area (Å²) in [6.07, 6.45) is 1.20. The third-order valence-electron chi connectivity index (χ3n) is 4.34. The monoisotopic (exact) mass is 439 g/mol. The summed E-state index contributed by atoms with van der Waals surface area (Å²) in [5, 5.41) is 2.61. The van der Waals surface area contributed by atoms with Crippen LogP contribution in [0.2, 0.25) is 0 Å². The number of nitrogens with one attached hydrogen (secondary N) is 1. The molecule has 0 radical (unpaired) electrons. The standard InChI is InChI=1S/C22H21N3O5S/c1-15-5-8-19(9-6-15)31(28,29)12-11-20(26)25-17-7-10-21(24-14-17)30-18-4-2-3-16(13-18)22(23)27/h2-10,13-14H,11-12H2,1H3,(H2,23,27)(H,25,26). The second-order valence-electron chi connectivity index (χ2n) is 6.81. The van der Waals surface area contributed by atoms with Gasteiger partial charge in [-0.25, -0.2) is 13.4 Å². The van der Waals surface area contributed by atoms with Crippen LogP contribution in [0.4, 0.5) is 5.69 Å². The predicted molar refractivity (Wildman–Crippen MR) is 116 cm³/mol. The van der Waals surface area contributed by atoms with Crippen LogP contribution in [0.15, 0.2) is 71.8 Å². The molecule has 2 amide bonds. The summed E-state index contributed by atoms with van der Waals surface area (Å²) in [7, 11) is -3.54. The van der Waals surface area contributed by atoms with E-state index in [1.807, 2.05) is 6.92 Å². The molecule has 9 heteroatoms. The van der Waals surface area contributed by atoms with Crippen LogP contribution in [0.3, 0.4) is 0 Å². The summed E-state index contributed by atoms with van der Waals surface area (Å²) in [6, 6.07) is 16.0. The van der Waals surface area contributed by atoms with E-state index in [4.69, 9.17) is 10.5 Å². The molecule has 2 aromatic carbocycles. The average molecular weight is 439 g/mol. The molecule has 3 aromatic rings. The van der Waals surface area contributed by atoms with Gasteiger partial charge in [-0.05, 0) is 43.3 Å². The number of ether oxygens (including phenoxy) is 1. The number of aromatic nitrogens is 1. The molecule has 0 aliphatic heterocycles. The maximum atomic E-state index is 12.3. The molecule has 1 heterocycles. The van der Waals surface area contributed by atoms with Gasteiger partial charge in [0.25, 0.3) is 0 Å². The van der Waals surface area contributed by atoms with Gasteiger partial charge in [0.15, 0.2) is 9.84 Å². The van der Waals surface area contributed by atoms with Gasteiger partial charge in [0.05, 0.1) is 22.5 Å². The third-order valence-corrected chi connectivity index (χ3v) is 6.07. The molecule has 0 aliphatic rings. The zero-order chi connectivity index (χ0) is 22.4. The van der Waals surface area contributed by atoms with Crippen LogP contribution >= 0.6 is 0 Å². The van der Waals surface area contributed by atoms with Gasteiger partial charge in [-0.1, -0.05) is 23.8 Å². The van der Waals surface area contributed by atoms with Crippen molar-refractivity contribution in [2.45, 2.75) is 18.2 Å². The first-order valence-electron chi connectivity index (χ1n) is 9.36. The van der Waals surface area contributed by atoms with Crippen molar-refractivity contribution in [3.05, 3.63) is 78.0 Å². The molecule has 0 saturated heterocycles. The number of nitrogens with two attached hydrogens (primary N) is 1. The summed E-state index contributed by atoms with van der Waals surface area (Å²) in [6.45, 7) is 1.87. The topological polar surface area (TPSA) is 128 Å². The minimum atomic E-state index is -3.54. The number of carbonyl (C=O) groups is 2. The second-order valence-corrected chi connectivity index (χ2v) is 8.92. The smallest absolute Gasteiger partial charge is 0.248 e. The van der Waals surface area contributed by atoms with Crippen molar-refractivity contribution >= 4 is 27.3 Å². The average Bonchev–Trinajstić information content (AvgIpc) is 2.74. The second kappa shape index (κ2) is 9.40. The molecule has 0 aliphatic carbocycles. The molecule has 0 unspecified atom stereocenters. The van der Waals surface area contributed by atoms with Crippen molar-refractivity contribution in [3.63, 3.8) is 0 Å². The molecule has 0 spiro atoms. The van der Waals surface area contributed by atoms with Gasteiger partial charge in [-0.3, -0.25) is 9.59 Å². The van der Waals surface area contributed by atoms with Crippen LogP contribution in [-0.2, 0) is 14.6 Å². The van der Waals surface area contributed by atoms with Crippen LogP contribution in [0.25, 0.3) is 0 Å². The number of anilines is 1. The third kappa shape index (κ3) is 6.13. The fourth-order valence-electron chi connectivity index (χ4n) is 2.66. The molecule has 0 atom stereocenters. The molecule has 1 aromatic heterocycles. The Kier molecular flexibility index (Phi) is 6.66. The van der Waals surface area contributed by atoms with Gasteiger partial charge in [-0.15, -0.1) is 0 Å². The molecular formula is C22H21N3O5S. The number of sulfone groups is 1. The quantitative estimate of drug-likeness (QED) is 0.555. The first-order valence-corrected chi connectivity index (χ1v) is 11.0. The predicted octanol–water partition coefficient (Wildman–Crippen LogP) is 3.08. The number of hydrogen-bond acceptors (Lipinski definition) is 6. The highest BCUT2D eigenvalue weighted by Gasteiger charge is 2.16. The SMILES string of the molecule is Cc1ccc(S(=O)(=O)CCC(=O)Nc2ccc(Oc3cccc(C(N)=O)c3)nc2)cc1. The number of pyridine rings is 1. The Morgan fingerprint density at radius 3 is 2.45 bits per heavy atom. The molecule has 3 N–H and O–H groups in total. The number of amides is 2. The maximum absolute atomic E-state index is 12.3. The van der Waals surface area contributed by atoms with Gasteiger partial charge in [-0.2, -0.15) is 0 Å². The van der Waals surface area contributed by atoms with E-state index >= 15 is 0 Å². The minimum absolute atomic E-state index is 0.186. The van der Waals surface area contributed by atoms with E-state index in [9.17, 15) is 18.0 Å². The minimum Gasteiger partial charge on any atom is -0.439 e. The number of hydrogen-bond donors (Lipinski definition) is 2. The van der Waals surface area contributed by atoms with Crippen molar-refractivity contribution in [1.29, 1.82) is 0 Å². The van der Waals surface area contributed by atoms with E-state index < -0.39 is 21.7 Å². The Morgan fingerprint density at radius 2 is 1.81 bits per heavy atom. The summed E-state index contributed by atoms with van der Waals surface area (Å²) >= 11 is 0. The van der Waals surface area contributed by atoms with Crippen molar-refractivity contribution < 1.29 is 22.7 Å². The number of aryl methyl sites for hydroxylation is 1. The van der Waals surface area contributed by atoms with E-state index in [0.717, 1.165) is 5.56 Å². The highest BCUT2D eigenvalue weighted by atomic mass is 32.2. The van der Waals surface area contributed by atoms with Crippen molar-refractivity contribution in [2.24, 2.45) is 5.73 Å². The lowest BCUT2D eigenvalue weighted by Gasteiger charge is -2.08. The van der Waals surface area contributed by atoms with Gasteiger partial charge in [0.2, 0.25) is 17.7 Å². The van der Waals surface area contributed by atoms with Crippen LogP contribution in [0, 0.1) is 6.92 Å². The lowest BCUT2D eigenvalue weighted by Crippen LogP contribution is -2.17.